The summed E-state index contributed by atoms with van der Waals surface area (Å²) in [5.41, 5.74) is 1.37. The lowest BCUT2D eigenvalue weighted by Gasteiger charge is -2.13. The van der Waals surface area contributed by atoms with Gasteiger partial charge in [-0.15, -0.1) is 0 Å². The molecule has 0 saturated heterocycles. The van der Waals surface area contributed by atoms with Crippen molar-refractivity contribution in [2.45, 2.75) is 26.2 Å². The third-order valence-corrected chi connectivity index (χ3v) is 2.86. The van der Waals surface area contributed by atoms with Gasteiger partial charge in [0.25, 0.3) is 0 Å². The van der Waals surface area contributed by atoms with Crippen molar-refractivity contribution < 1.29 is 13.2 Å². The summed E-state index contributed by atoms with van der Waals surface area (Å²) >= 11 is 0. The molecule has 19 heavy (non-hydrogen) atoms. The fraction of sp³-hybridized carbons (Fsp3) is 0.308. The zero-order valence-corrected chi connectivity index (χ0v) is 10.4. The molecule has 0 aliphatic carbocycles. The molecule has 0 spiro atoms. The van der Waals surface area contributed by atoms with Crippen molar-refractivity contribution in [3.8, 4) is 0 Å². The summed E-state index contributed by atoms with van der Waals surface area (Å²) in [7, 11) is 0. The highest BCUT2D eigenvalue weighted by molar-refractivity contribution is 5.29. The molecule has 2 rings (SSSR count). The van der Waals surface area contributed by atoms with Gasteiger partial charge in [-0.2, -0.15) is 13.2 Å². The van der Waals surface area contributed by atoms with Crippen LogP contribution in [0.4, 0.5) is 13.2 Å². The van der Waals surface area contributed by atoms with E-state index in [4.69, 9.17) is 0 Å². The fourth-order valence-electron chi connectivity index (χ4n) is 1.83. The number of aryl methyl sites for hydroxylation is 1. The summed E-state index contributed by atoms with van der Waals surface area (Å²) in [6.45, 7) is 2.46. The summed E-state index contributed by atoms with van der Waals surface area (Å²) in [5.74, 6) is 0. The molecule has 6 heteroatoms. The molecule has 2 N–H and O–H groups in total. The molecule has 0 fully saturated rings. The average Bonchev–Trinajstić information content (AvgIpc) is 2.75. The molecular weight excluding hydrogens is 255 g/mol. The molecule has 0 radical (unpaired) electrons. The van der Waals surface area contributed by atoms with Crippen LogP contribution in [0.2, 0.25) is 0 Å². The molecule has 3 nitrogen and oxygen atoms in total. The Morgan fingerprint density at radius 3 is 2.58 bits per heavy atom. The van der Waals surface area contributed by atoms with Crippen molar-refractivity contribution in [1.29, 1.82) is 0 Å². The number of halogens is 3. The van der Waals surface area contributed by atoms with Gasteiger partial charge in [0.15, 0.2) is 0 Å². The Balaban J connectivity index is 2.02. The summed E-state index contributed by atoms with van der Waals surface area (Å²) in [6, 6.07) is 5.57. The molecule has 1 aromatic carbocycles. The molecule has 2 aromatic rings. The maximum atomic E-state index is 12.8. The zero-order valence-electron chi connectivity index (χ0n) is 10.4. The van der Waals surface area contributed by atoms with E-state index in [1.807, 2.05) is 6.92 Å². The first kappa shape index (κ1) is 13.6. The lowest BCUT2D eigenvalue weighted by molar-refractivity contribution is -0.138. The molecular formula is C13H14F3N3. The Morgan fingerprint density at radius 2 is 1.95 bits per heavy atom. The van der Waals surface area contributed by atoms with Gasteiger partial charge in [-0.1, -0.05) is 18.2 Å². The van der Waals surface area contributed by atoms with E-state index in [0.717, 1.165) is 17.5 Å². The van der Waals surface area contributed by atoms with Gasteiger partial charge in [0.2, 0.25) is 0 Å². The largest absolute Gasteiger partial charge is 0.416 e. The average molecular weight is 269 g/mol. The lowest BCUT2D eigenvalue weighted by atomic mass is 10.1. The van der Waals surface area contributed by atoms with E-state index in [1.54, 1.807) is 12.4 Å². The summed E-state index contributed by atoms with van der Waals surface area (Å²) in [4.78, 5) is 7.00. The number of H-pyrrole nitrogens is 1. The number of aromatic amines is 1. The predicted octanol–water partition coefficient (Wildman–Crippen LogP) is 3.03. The minimum atomic E-state index is -4.32. The molecule has 102 valence electrons. The van der Waals surface area contributed by atoms with Crippen molar-refractivity contribution in [3.63, 3.8) is 0 Å². The van der Waals surface area contributed by atoms with E-state index in [1.165, 1.54) is 12.1 Å². The highest BCUT2D eigenvalue weighted by Gasteiger charge is 2.32. The van der Waals surface area contributed by atoms with Crippen molar-refractivity contribution in [3.05, 3.63) is 53.1 Å². The molecule has 1 heterocycles. The number of alkyl halides is 3. The minimum Gasteiger partial charge on any atom is -0.348 e. The molecule has 0 bridgehead atoms. The highest BCUT2D eigenvalue weighted by Crippen LogP contribution is 2.31. The van der Waals surface area contributed by atoms with Crippen LogP contribution >= 0.6 is 0 Å². The molecule has 0 aliphatic heterocycles. The second-order valence-corrected chi connectivity index (χ2v) is 4.23. The van der Waals surface area contributed by atoms with Crippen LogP contribution < -0.4 is 5.32 Å². The first-order valence-corrected chi connectivity index (χ1v) is 5.83. The van der Waals surface area contributed by atoms with Crippen LogP contribution in [0.5, 0.6) is 0 Å². The maximum absolute atomic E-state index is 12.8. The zero-order chi connectivity index (χ0) is 13.9. The minimum absolute atomic E-state index is 0.155. The number of hydrogen-bond acceptors (Lipinski definition) is 2. The SMILES string of the molecule is Cc1[nH]cnc1CNCc1ccccc1C(F)(F)F. The normalized spacial score (nSPS) is 11.8. The van der Waals surface area contributed by atoms with E-state index < -0.39 is 11.7 Å². The van der Waals surface area contributed by atoms with Crippen molar-refractivity contribution in [1.82, 2.24) is 15.3 Å². The Kier molecular flexibility index (Phi) is 3.90. The van der Waals surface area contributed by atoms with Crippen molar-refractivity contribution in [2.24, 2.45) is 0 Å². The van der Waals surface area contributed by atoms with E-state index in [-0.39, 0.29) is 12.1 Å². The van der Waals surface area contributed by atoms with E-state index in [9.17, 15) is 13.2 Å². The van der Waals surface area contributed by atoms with Gasteiger partial charge >= 0.3 is 6.18 Å². The Bertz CT molecular complexity index is 546. The molecule has 0 aliphatic rings. The molecule has 0 amide bonds. The van der Waals surface area contributed by atoms with E-state index in [0.29, 0.717) is 6.54 Å². The van der Waals surface area contributed by atoms with E-state index in [2.05, 4.69) is 15.3 Å². The van der Waals surface area contributed by atoms with Gasteiger partial charge in [-0.3, -0.25) is 0 Å². The molecule has 0 unspecified atom stereocenters. The Morgan fingerprint density at radius 1 is 1.21 bits per heavy atom. The number of aromatic nitrogens is 2. The van der Waals surface area contributed by atoms with E-state index >= 15 is 0 Å². The summed E-state index contributed by atoms with van der Waals surface area (Å²) in [5, 5.41) is 2.97. The monoisotopic (exact) mass is 269 g/mol. The van der Waals surface area contributed by atoms with Crippen LogP contribution in [0.15, 0.2) is 30.6 Å². The van der Waals surface area contributed by atoms with Gasteiger partial charge < -0.3 is 10.3 Å². The van der Waals surface area contributed by atoms with Crippen LogP contribution in [0.25, 0.3) is 0 Å². The number of hydrogen-bond donors (Lipinski definition) is 2. The van der Waals surface area contributed by atoms with Crippen molar-refractivity contribution in [2.75, 3.05) is 0 Å². The second-order valence-electron chi connectivity index (χ2n) is 4.23. The predicted molar refractivity (Wildman–Crippen MR) is 65.3 cm³/mol. The standard InChI is InChI=1S/C13H14F3N3/c1-9-12(19-8-18-9)7-17-6-10-4-2-3-5-11(10)13(14,15)16/h2-5,8,17H,6-7H2,1H3,(H,18,19). The number of benzene rings is 1. The molecule has 0 atom stereocenters. The first-order chi connectivity index (χ1) is 8.98. The topological polar surface area (TPSA) is 40.7 Å². The van der Waals surface area contributed by atoms with Gasteiger partial charge in [0, 0.05) is 18.8 Å². The smallest absolute Gasteiger partial charge is 0.348 e. The van der Waals surface area contributed by atoms with Crippen LogP contribution in [0.1, 0.15) is 22.5 Å². The van der Waals surface area contributed by atoms with Crippen molar-refractivity contribution >= 4 is 0 Å². The first-order valence-electron chi connectivity index (χ1n) is 5.83. The Hall–Kier alpha value is -1.82. The van der Waals surface area contributed by atoms with Gasteiger partial charge in [0.05, 0.1) is 17.6 Å². The van der Waals surface area contributed by atoms with Crippen LogP contribution in [-0.2, 0) is 19.3 Å². The van der Waals surface area contributed by atoms with Gasteiger partial charge in [0.1, 0.15) is 0 Å². The summed E-state index contributed by atoms with van der Waals surface area (Å²) in [6.07, 6.45) is -2.75. The highest BCUT2D eigenvalue weighted by atomic mass is 19.4. The van der Waals surface area contributed by atoms with Gasteiger partial charge in [-0.05, 0) is 18.6 Å². The van der Waals surface area contributed by atoms with Crippen LogP contribution in [0.3, 0.4) is 0 Å². The Labute approximate surface area is 108 Å². The van der Waals surface area contributed by atoms with Crippen LogP contribution in [-0.4, -0.2) is 9.97 Å². The number of imidazole rings is 1. The number of rotatable bonds is 4. The number of nitrogens with zero attached hydrogens (tertiary/aromatic N) is 1. The fourth-order valence-corrected chi connectivity index (χ4v) is 1.83. The number of nitrogens with one attached hydrogen (secondary N) is 2. The third kappa shape index (κ3) is 3.35. The summed E-state index contributed by atoms with van der Waals surface area (Å²) < 4.78 is 38.3. The van der Waals surface area contributed by atoms with Gasteiger partial charge in [-0.25, -0.2) is 4.98 Å². The maximum Gasteiger partial charge on any atom is 0.416 e. The quantitative estimate of drug-likeness (QED) is 0.895. The van der Waals surface area contributed by atoms with Crippen LogP contribution in [0, 0.1) is 6.92 Å². The lowest BCUT2D eigenvalue weighted by Crippen LogP contribution is -2.17. The second kappa shape index (κ2) is 5.44. The molecule has 1 aromatic heterocycles. The molecule has 0 saturated carbocycles. The third-order valence-electron chi connectivity index (χ3n) is 2.86.